The molecule has 0 atom stereocenters. The first-order valence-corrected chi connectivity index (χ1v) is 7.42. The van der Waals surface area contributed by atoms with Crippen LogP contribution >= 0.6 is 0 Å². The molecule has 24 heavy (non-hydrogen) atoms. The second kappa shape index (κ2) is 10.7. The molecule has 0 radical (unpaired) electrons. The molecule has 1 rings (SSSR count). The number of esters is 1. The van der Waals surface area contributed by atoms with Gasteiger partial charge in [-0.3, -0.25) is 14.6 Å². The van der Waals surface area contributed by atoms with Crippen LogP contribution in [-0.4, -0.2) is 54.4 Å². The molecule has 1 aromatic rings. The van der Waals surface area contributed by atoms with Crippen LogP contribution in [0.4, 0.5) is 0 Å². The maximum Gasteiger partial charge on any atom is 0.331 e. The van der Waals surface area contributed by atoms with Crippen molar-refractivity contribution in [3.63, 3.8) is 0 Å². The van der Waals surface area contributed by atoms with Crippen LogP contribution in [0, 0.1) is 0 Å². The number of nitrogens with one attached hydrogen (secondary N) is 1. The van der Waals surface area contributed by atoms with Gasteiger partial charge in [-0.1, -0.05) is 18.7 Å². The number of hydrogen-bond donors (Lipinski definition) is 1. The van der Waals surface area contributed by atoms with Crippen LogP contribution < -0.4 is 5.32 Å². The Labute approximate surface area is 141 Å². The average Bonchev–Trinajstić information content (AvgIpc) is 2.61. The fraction of sp³-hybridized carbons (Fsp3) is 0.294. The minimum absolute atomic E-state index is 0.0684. The van der Waals surface area contributed by atoms with Gasteiger partial charge in [0, 0.05) is 44.1 Å². The zero-order chi connectivity index (χ0) is 17.8. The standard InChI is InChI=1S/C17H21N3O4/c1-3-12-24-17(23)8-7-16(22)20(13-15(21)18-2)11-9-14-6-4-5-10-19-14/h3-8,10H,1,9,11-13H2,2H3,(H,18,21)/b8-7-. The summed E-state index contributed by atoms with van der Waals surface area (Å²) >= 11 is 0. The van der Waals surface area contributed by atoms with E-state index in [-0.39, 0.29) is 19.1 Å². The minimum atomic E-state index is -0.645. The first kappa shape index (κ1) is 19.1. The quantitative estimate of drug-likeness (QED) is 0.404. The molecule has 0 aliphatic heterocycles. The Bertz CT molecular complexity index is 599. The molecule has 7 heteroatoms. The number of carbonyl (C=O) groups is 3. The number of pyridine rings is 1. The number of ether oxygens (including phenoxy) is 1. The van der Waals surface area contributed by atoms with Crippen molar-refractivity contribution in [3.8, 4) is 0 Å². The third-order valence-electron chi connectivity index (χ3n) is 2.99. The van der Waals surface area contributed by atoms with E-state index in [1.54, 1.807) is 12.3 Å². The lowest BCUT2D eigenvalue weighted by atomic mass is 10.2. The summed E-state index contributed by atoms with van der Waals surface area (Å²) in [6, 6.07) is 5.49. The van der Waals surface area contributed by atoms with E-state index in [9.17, 15) is 14.4 Å². The van der Waals surface area contributed by atoms with Gasteiger partial charge < -0.3 is 15.0 Å². The summed E-state index contributed by atoms with van der Waals surface area (Å²) in [6.45, 7) is 3.69. The molecule has 2 amide bonds. The SMILES string of the molecule is C=CCOC(=O)/C=C\C(=O)N(CCc1ccccn1)CC(=O)NC. The van der Waals surface area contributed by atoms with Crippen molar-refractivity contribution < 1.29 is 19.1 Å². The Balaban J connectivity index is 2.67. The molecule has 1 aromatic heterocycles. The normalized spacial score (nSPS) is 10.2. The van der Waals surface area contributed by atoms with Gasteiger partial charge in [0.25, 0.3) is 0 Å². The lowest BCUT2D eigenvalue weighted by Crippen LogP contribution is -2.40. The lowest BCUT2D eigenvalue weighted by molar-refractivity contribution is -0.137. The first-order valence-electron chi connectivity index (χ1n) is 7.42. The highest BCUT2D eigenvalue weighted by Gasteiger charge is 2.15. The summed E-state index contributed by atoms with van der Waals surface area (Å²) in [5.74, 6) is -1.40. The Morgan fingerprint density at radius 1 is 1.33 bits per heavy atom. The summed E-state index contributed by atoms with van der Waals surface area (Å²) in [6.07, 6.45) is 5.71. The van der Waals surface area contributed by atoms with E-state index >= 15 is 0 Å². The summed E-state index contributed by atoms with van der Waals surface area (Å²) in [5, 5.41) is 2.47. The van der Waals surface area contributed by atoms with Crippen LogP contribution in [-0.2, 0) is 25.5 Å². The molecule has 0 aliphatic carbocycles. The summed E-state index contributed by atoms with van der Waals surface area (Å²) in [4.78, 5) is 40.7. The number of hydrogen-bond acceptors (Lipinski definition) is 5. The maximum atomic E-state index is 12.2. The molecule has 0 spiro atoms. The highest BCUT2D eigenvalue weighted by atomic mass is 16.5. The van der Waals surface area contributed by atoms with Gasteiger partial charge in [0.15, 0.2) is 0 Å². The Morgan fingerprint density at radius 3 is 2.75 bits per heavy atom. The summed E-state index contributed by atoms with van der Waals surface area (Å²) < 4.78 is 4.75. The minimum Gasteiger partial charge on any atom is -0.458 e. The van der Waals surface area contributed by atoms with Crippen molar-refractivity contribution >= 4 is 17.8 Å². The average molecular weight is 331 g/mol. The zero-order valence-electron chi connectivity index (χ0n) is 13.6. The molecule has 0 aromatic carbocycles. The topological polar surface area (TPSA) is 88.6 Å². The monoisotopic (exact) mass is 331 g/mol. The van der Waals surface area contributed by atoms with Crippen LogP contribution in [0.1, 0.15) is 5.69 Å². The van der Waals surface area contributed by atoms with Crippen molar-refractivity contribution in [2.45, 2.75) is 6.42 Å². The van der Waals surface area contributed by atoms with E-state index < -0.39 is 11.9 Å². The number of likely N-dealkylation sites (N-methyl/N-ethyl adjacent to an activating group) is 1. The molecular weight excluding hydrogens is 310 g/mol. The number of rotatable bonds is 9. The maximum absolute atomic E-state index is 12.2. The molecule has 7 nitrogen and oxygen atoms in total. The molecular formula is C17H21N3O4. The summed E-state index contributed by atoms with van der Waals surface area (Å²) in [7, 11) is 1.49. The Morgan fingerprint density at radius 2 is 2.12 bits per heavy atom. The van der Waals surface area contributed by atoms with E-state index in [0.29, 0.717) is 13.0 Å². The van der Waals surface area contributed by atoms with Gasteiger partial charge in [-0.15, -0.1) is 0 Å². The van der Waals surface area contributed by atoms with Crippen molar-refractivity contribution in [1.82, 2.24) is 15.2 Å². The largest absolute Gasteiger partial charge is 0.458 e. The van der Waals surface area contributed by atoms with Gasteiger partial charge in [-0.25, -0.2) is 4.79 Å². The van der Waals surface area contributed by atoms with Crippen LogP contribution in [0.15, 0.2) is 49.2 Å². The second-order valence-electron chi connectivity index (χ2n) is 4.76. The van der Waals surface area contributed by atoms with Gasteiger partial charge >= 0.3 is 5.97 Å². The third-order valence-corrected chi connectivity index (χ3v) is 2.99. The van der Waals surface area contributed by atoms with Crippen LogP contribution in [0.25, 0.3) is 0 Å². The van der Waals surface area contributed by atoms with E-state index in [1.165, 1.54) is 18.0 Å². The molecule has 0 bridgehead atoms. The highest BCUT2D eigenvalue weighted by Crippen LogP contribution is 2.00. The number of amides is 2. The molecule has 1 heterocycles. The molecule has 0 aliphatic rings. The van der Waals surface area contributed by atoms with Gasteiger partial charge in [0.2, 0.25) is 11.8 Å². The molecule has 128 valence electrons. The van der Waals surface area contributed by atoms with E-state index in [0.717, 1.165) is 17.8 Å². The second-order valence-corrected chi connectivity index (χ2v) is 4.76. The molecule has 0 unspecified atom stereocenters. The first-order chi connectivity index (χ1) is 11.6. The van der Waals surface area contributed by atoms with Gasteiger partial charge in [-0.2, -0.15) is 0 Å². The number of carbonyl (C=O) groups excluding carboxylic acids is 3. The third kappa shape index (κ3) is 7.35. The molecule has 0 saturated heterocycles. The number of nitrogens with zero attached hydrogens (tertiary/aromatic N) is 2. The van der Waals surface area contributed by atoms with Crippen LogP contribution in [0.2, 0.25) is 0 Å². The van der Waals surface area contributed by atoms with Gasteiger partial charge in [-0.05, 0) is 12.1 Å². The predicted molar refractivity (Wildman–Crippen MR) is 88.9 cm³/mol. The van der Waals surface area contributed by atoms with E-state index in [1.807, 2.05) is 12.1 Å². The fourth-order valence-corrected chi connectivity index (χ4v) is 1.75. The van der Waals surface area contributed by atoms with Crippen LogP contribution in [0.3, 0.4) is 0 Å². The van der Waals surface area contributed by atoms with E-state index in [4.69, 9.17) is 4.74 Å². The van der Waals surface area contributed by atoms with E-state index in [2.05, 4.69) is 16.9 Å². The van der Waals surface area contributed by atoms with Crippen molar-refractivity contribution in [1.29, 1.82) is 0 Å². The van der Waals surface area contributed by atoms with Crippen molar-refractivity contribution in [3.05, 3.63) is 54.9 Å². The highest BCUT2D eigenvalue weighted by molar-refractivity contribution is 5.96. The van der Waals surface area contributed by atoms with Gasteiger partial charge in [0.1, 0.15) is 6.61 Å². The smallest absolute Gasteiger partial charge is 0.331 e. The Hall–Kier alpha value is -2.96. The predicted octanol–water partition coefficient (Wildman–Crippen LogP) is 0.484. The van der Waals surface area contributed by atoms with Crippen molar-refractivity contribution in [2.75, 3.05) is 26.7 Å². The van der Waals surface area contributed by atoms with Gasteiger partial charge in [0.05, 0.1) is 6.54 Å². The fourth-order valence-electron chi connectivity index (χ4n) is 1.75. The van der Waals surface area contributed by atoms with Crippen molar-refractivity contribution in [2.24, 2.45) is 0 Å². The summed E-state index contributed by atoms with van der Waals surface area (Å²) in [5.41, 5.74) is 0.807. The number of aromatic nitrogens is 1. The zero-order valence-corrected chi connectivity index (χ0v) is 13.6. The lowest BCUT2D eigenvalue weighted by Gasteiger charge is -2.20. The molecule has 0 fully saturated rings. The molecule has 0 saturated carbocycles. The van der Waals surface area contributed by atoms with Crippen LogP contribution in [0.5, 0.6) is 0 Å². The molecule has 1 N–H and O–H groups in total. The Kier molecular flexibility index (Phi) is 8.52.